The topological polar surface area (TPSA) is 76.0 Å². The number of aryl methyl sites for hydroxylation is 2. The Balaban J connectivity index is 1.69. The number of hydrogen-bond acceptors (Lipinski definition) is 5. The van der Waals surface area contributed by atoms with E-state index in [-0.39, 0.29) is 35.1 Å². The molecule has 0 saturated carbocycles. The number of carbonyl (C=O) groups is 1. The highest BCUT2D eigenvalue weighted by molar-refractivity contribution is 8.16. The average molecular weight is 445 g/mol. The van der Waals surface area contributed by atoms with Gasteiger partial charge in [-0.25, -0.2) is 8.42 Å². The maximum atomic E-state index is 12.8. The van der Waals surface area contributed by atoms with E-state index < -0.39 is 9.84 Å². The number of anilines is 1. The SMILES string of the molecule is COc1ccccc1CC(=O)N=C1S[C@H]2CS(=O)(=O)C[C@H]2N1c1cc(C)ccc1C. The van der Waals surface area contributed by atoms with Gasteiger partial charge in [0.15, 0.2) is 15.0 Å². The van der Waals surface area contributed by atoms with Crippen LogP contribution in [0.4, 0.5) is 5.69 Å². The number of ether oxygens (including phenoxy) is 1. The molecule has 0 spiro atoms. The lowest BCUT2D eigenvalue weighted by atomic mass is 10.1. The Hall–Kier alpha value is -2.32. The number of nitrogens with zero attached hydrogens (tertiary/aromatic N) is 2. The third-order valence-electron chi connectivity index (χ3n) is 5.45. The van der Waals surface area contributed by atoms with Gasteiger partial charge in [-0.15, -0.1) is 0 Å². The normalized spacial score (nSPS) is 23.6. The van der Waals surface area contributed by atoms with E-state index in [0.717, 1.165) is 22.4 Å². The van der Waals surface area contributed by atoms with Gasteiger partial charge in [0.25, 0.3) is 5.91 Å². The van der Waals surface area contributed by atoms with Crippen LogP contribution >= 0.6 is 11.8 Å². The predicted molar refractivity (Wildman–Crippen MR) is 121 cm³/mol. The van der Waals surface area contributed by atoms with Crippen LogP contribution in [0.5, 0.6) is 5.75 Å². The number of hydrogen-bond donors (Lipinski definition) is 0. The highest BCUT2D eigenvalue weighted by Crippen LogP contribution is 2.42. The Morgan fingerprint density at radius 2 is 1.97 bits per heavy atom. The molecule has 0 aliphatic carbocycles. The van der Waals surface area contributed by atoms with Gasteiger partial charge in [0.05, 0.1) is 31.1 Å². The summed E-state index contributed by atoms with van der Waals surface area (Å²) >= 11 is 1.39. The largest absolute Gasteiger partial charge is 0.496 e. The molecule has 2 aliphatic rings. The van der Waals surface area contributed by atoms with Crippen molar-refractivity contribution in [1.29, 1.82) is 0 Å². The maximum Gasteiger partial charge on any atom is 0.252 e. The molecular weight excluding hydrogens is 420 g/mol. The van der Waals surface area contributed by atoms with Crippen molar-refractivity contribution in [3.63, 3.8) is 0 Å². The van der Waals surface area contributed by atoms with Gasteiger partial charge in [-0.05, 0) is 37.1 Å². The molecule has 2 atom stereocenters. The van der Waals surface area contributed by atoms with Crippen LogP contribution in [0.25, 0.3) is 0 Å². The lowest BCUT2D eigenvalue weighted by Gasteiger charge is -2.26. The molecule has 2 aromatic rings. The maximum absolute atomic E-state index is 12.8. The van der Waals surface area contributed by atoms with Crippen LogP contribution in [0, 0.1) is 13.8 Å². The van der Waals surface area contributed by atoms with E-state index in [1.54, 1.807) is 7.11 Å². The molecule has 0 N–H and O–H groups in total. The third kappa shape index (κ3) is 4.11. The molecule has 158 valence electrons. The Bertz CT molecular complexity index is 1130. The highest BCUT2D eigenvalue weighted by Gasteiger charge is 2.49. The zero-order valence-corrected chi connectivity index (χ0v) is 18.8. The van der Waals surface area contributed by atoms with Crippen LogP contribution in [0.1, 0.15) is 16.7 Å². The van der Waals surface area contributed by atoms with Crippen LogP contribution in [-0.4, -0.2) is 49.4 Å². The molecule has 2 aromatic carbocycles. The van der Waals surface area contributed by atoms with Gasteiger partial charge in [0.1, 0.15) is 5.75 Å². The second-order valence-corrected chi connectivity index (χ2v) is 11.1. The molecule has 2 fully saturated rings. The molecule has 0 aromatic heterocycles. The van der Waals surface area contributed by atoms with E-state index in [2.05, 4.69) is 4.99 Å². The van der Waals surface area contributed by atoms with Gasteiger partial charge in [0.2, 0.25) is 0 Å². The summed E-state index contributed by atoms with van der Waals surface area (Å²) in [6.45, 7) is 3.99. The van der Waals surface area contributed by atoms with Crippen LogP contribution in [0.2, 0.25) is 0 Å². The van der Waals surface area contributed by atoms with Crippen molar-refractivity contribution < 1.29 is 17.9 Å². The number of benzene rings is 2. The number of amidine groups is 1. The predicted octanol–water partition coefficient (Wildman–Crippen LogP) is 3.16. The van der Waals surface area contributed by atoms with Crippen molar-refractivity contribution in [3.05, 3.63) is 59.2 Å². The number of para-hydroxylation sites is 1. The van der Waals surface area contributed by atoms with Crippen LogP contribution in [0.15, 0.2) is 47.5 Å². The molecule has 8 heteroatoms. The Morgan fingerprint density at radius 1 is 1.20 bits per heavy atom. The van der Waals surface area contributed by atoms with E-state index in [9.17, 15) is 13.2 Å². The van der Waals surface area contributed by atoms with Gasteiger partial charge < -0.3 is 9.64 Å². The quantitative estimate of drug-likeness (QED) is 0.721. The van der Waals surface area contributed by atoms with Crippen LogP contribution in [0.3, 0.4) is 0 Å². The first-order chi connectivity index (χ1) is 14.3. The monoisotopic (exact) mass is 444 g/mol. The molecular formula is C22H24N2O4S2. The molecule has 0 radical (unpaired) electrons. The number of sulfone groups is 1. The molecule has 30 heavy (non-hydrogen) atoms. The van der Waals surface area contributed by atoms with Gasteiger partial charge in [-0.2, -0.15) is 4.99 Å². The molecule has 4 rings (SSSR count). The van der Waals surface area contributed by atoms with Gasteiger partial charge in [-0.1, -0.05) is 42.1 Å². The summed E-state index contributed by atoms with van der Waals surface area (Å²) in [6, 6.07) is 13.2. The minimum absolute atomic E-state index is 0.0811. The zero-order valence-electron chi connectivity index (χ0n) is 17.2. The molecule has 2 saturated heterocycles. The minimum Gasteiger partial charge on any atom is -0.496 e. The standard InChI is InChI=1S/C22H24N2O4S2/c1-14-8-9-15(2)17(10-14)24-18-12-30(26,27)13-20(18)29-22(24)23-21(25)11-16-6-4-5-7-19(16)28-3/h4-10,18,20H,11-13H2,1-3H3/t18-,20+/m1/s1. The van der Waals surface area contributed by atoms with Gasteiger partial charge in [0, 0.05) is 16.5 Å². The summed E-state index contributed by atoms with van der Waals surface area (Å²) in [5, 5.41) is 0.459. The van der Waals surface area contributed by atoms with E-state index >= 15 is 0 Å². The van der Waals surface area contributed by atoms with Crippen molar-refractivity contribution in [3.8, 4) is 5.75 Å². The van der Waals surface area contributed by atoms with E-state index in [0.29, 0.717) is 10.9 Å². The fraction of sp³-hybridized carbons (Fsp3) is 0.364. The number of carbonyl (C=O) groups excluding carboxylic acids is 1. The second-order valence-electron chi connectivity index (χ2n) is 7.74. The summed E-state index contributed by atoms with van der Waals surface area (Å²) in [6.07, 6.45) is 0.127. The first-order valence-corrected chi connectivity index (χ1v) is 12.4. The van der Waals surface area contributed by atoms with Gasteiger partial charge >= 0.3 is 0 Å². The molecule has 2 aliphatic heterocycles. The lowest BCUT2D eigenvalue weighted by Crippen LogP contribution is -2.38. The highest BCUT2D eigenvalue weighted by atomic mass is 32.2. The van der Waals surface area contributed by atoms with E-state index in [1.807, 2.05) is 61.2 Å². The molecule has 0 unspecified atom stereocenters. The molecule has 1 amide bonds. The number of methoxy groups -OCH3 is 1. The molecule has 0 bridgehead atoms. The summed E-state index contributed by atoms with van der Waals surface area (Å²) in [5.74, 6) is 0.570. The average Bonchev–Trinajstić information content (AvgIpc) is 3.15. The Labute approximate surface area is 181 Å². The zero-order chi connectivity index (χ0) is 21.5. The number of amides is 1. The van der Waals surface area contributed by atoms with E-state index in [4.69, 9.17) is 4.74 Å². The van der Waals surface area contributed by atoms with Gasteiger partial charge in [-0.3, -0.25) is 4.79 Å². The van der Waals surface area contributed by atoms with Crippen molar-refractivity contribution in [2.45, 2.75) is 31.6 Å². The first-order valence-electron chi connectivity index (χ1n) is 9.74. The second kappa shape index (κ2) is 8.07. The van der Waals surface area contributed by atoms with E-state index in [1.165, 1.54) is 11.8 Å². The Kier molecular flexibility index (Phi) is 5.63. The summed E-state index contributed by atoms with van der Waals surface area (Å²) in [5.41, 5.74) is 3.79. The van der Waals surface area contributed by atoms with Crippen LogP contribution in [-0.2, 0) is 21.1 Å². The fourth-order valence-corrected chi connectivity index (χ4v) is 7.91. The molecule has 2 heterocycles. The summed E-state index contributed by atoms with van der Waals surface area (Å²) < 4.78 is 29.8. The smallest absolute Gasteiger partial charge is 0.252 e. The number of rotatable bonds is 4. The number of aliphatic imine (C=N–C) groups is 1. The summed E-state index contributed by atoms with van der Waals surface area (Å²) in [7, 11) is -1.52. The Morgan fingerprint density at radius 3 is 2.73 bits per heavy atom. The fourth-order valence-electron chi connectivity index (χ4n) is 3.98. The molecule has 6 nitrogen and oxygen atoms in total. The first kappa shape index (κ1) is 20.9. The number of fused-ring (bicyclic) bond motifs is 1. The number of thioether (sulfide) groups is 1. The van der Waals surface area contributed by atoms with Crippen molar-refractivity contribution in [2.24, 2.45) is 4.99 Å². The lowest BCUT2D eigenvalue weighted by molar-refractivity contribution is -0.117. The minimum atomic E-state index is -3.10. The third-order valence-corrected chi connectivity index (χ3v) is 8.66. The summed E-state index contributed by atoms with van der Waals surface area (Å²) in [4.78, 5) is 19.2. The van der Waals surface area contributed by atoms with Crippen LogP contribution < -0.4 is 9.64 Å². The van der Waals surface area contributed by atoms with Crippen molar-refractivity contribution in [2.75, 3.05) is 23.5 Å². The van der Waals surface area contributed by atoms with Crippen molar-refractivity contribution in [1.82, 2.24) is 0 Å². The van der Waals surface area contributed by atoms with Crippen molar-refractivity contribution >= 4 is 38.4 Å².